The van der Waals surface area contributed by atoms with E-state index in [4.69, 9.17) is 16.3 Å². The number of methoxy groups -OCH3 is 2. The molecule has 148 valence electrons. The molecule has 2 aromatic carbocycles. The van der Waals surface area contributed by atoms with Crippen LogP contribution in [0.4, 0.5) is 5.69 Å². The fraction of sp³-hybridized carbons (Fsp3) is 0.250. The van der Waals surface area contributed by atoms with Crippen molar-refractivity contribution in [2.24, 2.45) is 0 Å². The van der Waals surface area contributed by atoms with Gasteiger partial charge in [-0.3, -0.25) is 4.98 Å². The third-order valence-corrected chi connectivity index (χ3v) is 4.07. The van der Waals surface area contributed by atoms with Crippen LogP contribution in [-0.2, 0) is 31.7 Å². The third-order valence-electron chi connectivity index (χ3n) is 4.07. The predicted octanol–water partition coefficient (Wildman–Crippen LogP) is 4.30. The second-order valence-corrected chi connectivity index (χ2v) is 5.99. The van der Waals surface area contributed by atoms with E-state index in [9.17, 15) is 0 Å². The van der Waals surface area contributed by atoms with Gasteiger partial charge in [-0.1, -0.05) is 30.3 Å². The SMILES string of the molecule is COc1cccc2c1NCCC2.COc1cccc2cccnc12.[HH].[O]=[Pt]=[O]. The van der Waals surface area contributed by atoms with Gasteiger partial charge in [0.1, 0.15) is 17.0 Å². The number of hydrogen-bond acceptors (Lipinski definition) is 6. The van der Waals surface area contributed by atoms with E-state index in [1.54, 1.807) is 20.4 Å². The van der Waals surface area contributed by atoms with Crippen LogP contribution < -0.4 is 14.8 Å². The average molecular weight is 552 g/mol. The van der Waals surface area contributed by atoms with Crippen LogP contribution in [0.5, 0.6) is 11.5 Å². The van der Waals surface area contributed by atoms with Gasteiger partial charge in [-0.2, -0.15) is 0 Å². The Kier molecular flexibility index (Phi) is 8.72. The molecule has 0 atom stereocenters. The quantitative estimate of drug-likeness (QED) is 0.512. The zero-order valence-corrected chi connectivity index (χ0v) is 17.5. The Hall–Kier alpha value is -2.46. The van der Waals surface area contributed by atoms with E-state index in [2.05, 4.69) is 16.4 Å². The van der Waals surface area contributed by atoms with Crippen LogP contribution in [0.3, 0.4) is 0 Å². The molecule has 1 aromatic heterocycles. The number of aromatic nitrogens is 1. The summed E-state index contributed by atoms with van der Waals surface area (Å²) in [6, 6.07) is 16.0. The molecule has 0 unspecified atom stereocenters. The van der Waals surface area contributed by atoms with Crippen LogP contribution in [-0.4, -0.2) is 25.7 Å². The molecule has 0 bridgehead atoms. The summed E-state index contributed by atoms with van der Waals surface area (Å²) in [4.78, 5) is 4.23. The maximum atomic E-state index is 8.49. The molecule has 3 aromatic rings. The summed E-state index contributed by atoms with van der Waals surface area (Å²) >= 11 is -1.92. The first-order valence-electron chi connectivity index (χ1n) is 8.37. The van der Waals surface area contributed by atoms with Gasteiger partial charge in [0.05, 0.1) is 19.9 Å². The Bertz CT molecular complexity index is 898. The van der Waals surface area contributed by atoms with Gasteiger partial charge >= 0.3 is 25.3 Å². The minimum absolute atomic E-state index is 0. The van der Waals surface area contributed by atoms with Gasteiger partial charge in [0.15, 0.2) is 0 Å². The van der Waals surface area contributed by atoms with E-state index >= 15 is 0 Å². The average Bonchev–Trinajstić information content (AvgIpc) is 2.74. The first kappa shape index (κ1) is 20.8. The van der Waals surface area contributed by atoms with Gasteiger partial charge in [0, 0.05) is 19.6 Å². The third kappa shape index (κ3) is 5.76. The van der Waals surface area contributed by atoms with Crippen LogP contribution in [0.2, 0.25) is 0 Å². The summed E-state index contributed by atoms with van der Waals surface area (Å²) in [6.07, 6.45) is 4.16. The fourth-order valence-electron chi connectivity index (χ4n) is 2.89. The van der Waals surface area contributed by atoms with E-state index < -0.39 is 18.5 Å². The standard InChI is InChI=1S/C10H13NO.C10H9NO.2O.Pt.H2/c2*1-12-9-6-2-4-8-5-3-7-11-10(8)9;;;;/h2,4,6,11H,3,5,7H2,1H3;2-7H,1H3;;;;1H. The molecule has 1 aliphatic rings. The number of para-hydroxylation sites is 2. The number of anilines is 1. The zero-order chi connectivity index (χ0) is 19.5. The number of ether oxygens (including phenoxy) is 2. The van der Waals surface area contributed by atoms with Gasteiger partial charge in [-0.25, -0.2) is 0 Å². The monoisotopic (exact) mass is 551 g/mol. The van der Waals surface area contributed by atoms with Crippen molar-refractivity contribution in [1.29, 1.82) is 0 Å². The first-order valence-corrected chi connectivity index (χ1v) is 10.2. The van der Waals surface area contributed by atoms with Crippen molar-refractivity contribution in [2.75, 3.05) is 26.1 Å². The first-order chi connectivity index (χ1) is 13.2. The molecule has 27 heavy (non-hydrogen) atoms. The van der Waals surface area contributed by atoms with Crippen LogP contribution in [0.1, 0.15) is 13.4 Å². The summed E-state index contributed by atoms with van der Waals surface area (Å²) < 4.78 is 27.4. The van der Waals surface area contributed by atoms with E-state index in [0.717, 1.165) is 28.9 Å². The fourth-order valence-corrected chi connectivity index (χ4v) is 2.89. The number of rotatable bonds is 2. The minimum atomic E-state index is -1.92. The van der Waals surface area contributed by atoms with Crippen molar-refractivity contribution in [3.63, 3.8) is 0 Å². The summed E-state index contributed by atoms with van der Waals surface area (Å²) in [5.41, 5.74) is 3.48. The molecule has 0 saturated carbocycles. The topological polar surface area (TPSA) is 77.5 Å². The van der Waals surface area contributed by atoms with Gasteiger partial charge in [-0.05, 0) is 36.6 Å². The molecule has 1 aliphatic heterocycles. The summed E-state index contributed by atoms with van der Waals surface area (Å²) in [5, 5.41) is 4.47. The van der Waals surface area contributed by atoms with Gasteiger partial charge in [0.25, 0.3) is 0 Å². The Morgan fingerprint density at radius 1 is 1.00 bits per heavy atom. The number of nitrogens with zero attached hydrogens (tertiary/aromatic N) is 1. The van der Waals surface area contributed by atoms with Gasteiger partial charge in [0.2, 0.25) is 0 Å². The zero-order valence-electron chi connectivity index (χ0n) is 15.2. The van der Waals surface area contributed by atoms with Crippen LogP contribution in [0, 0.1) is 0 Å². The Labute approximate surface area is 168 Å². The summed E-state index contributed by atoms with van der Waals surface area (Å²) in [5.74, 6) is 1.79. The molecule has 0 fully saturated rings. The van der Waals surface area contributed by atoms with Gasteiger partial charge in [-0.15, -0.1) is 0 Å². The Morgan fingerprint density at radius 2 is 1.67 bits per heavy atom. The molecule has 0 spiro atoms. The summed E-state index contributed by atoms with van der Waals surface area (Å²) in [6.45, 7) is 1.06. The van der Waals surface area contributed by atoms with E-state index in [1.807, 2.05) is 42.5 Å². The second kappa shape index (κ2) is 11.3. The van der Waals surface area contributed by atoms with Crippen LogP contribution >= 0.6 is 0 Å². The van der Waals surface area contributed by atoms with Crippen molar-refractivity contribution >= 4 is 16.6 Å². The molecule has 2 heterocycles. The number of pyridine rings is 1. The van der Waals surface area contributed by atoms with E-state index in [1.165, 1.54) is 24.1 Å². The van der Waals surface area contributed by atoms with E-state index in [-0.39, 0.29) is 1.43 Å². The van der Waals surface area contributed by atoms with Crippen molar-refractivity contribution in [3.8, 4) is 11.5 Å². The second-order valence-electron chi connectivity index (χ2n) is 5.61. The van der Waals surface area contributed by atoms with Crippen molar-refractivity contribution < 1.29 is 36.2 Å². The molecule has 1 N–H and O–H groups in total. The molecule has 0 aliphatic carbocycles. The molecule has 7 heteroatoms. The van der Waals surface area contributed by atoms with E-state index in [0.29, 0.717) is 0 Å². The number of benzene rings is 2. The molecule has 0 radical (unpaired) electrons. The molecule has 0 saturated heterocycles. The predicted molar refractivity (Wildman–Crippen MR) is 102 cm³/mol. The van der Waals surface area contributed by atoms with Crippen molar-refractivity contribution in [2.45, 2.75) is 12.8 Å². The normalized spacial score (nSPS) is 11.8. The molecule has 6 nitrogen and oxygen atoms in total. The maximum absolute atomic E-state index is 8.49. The van der Waals surface area contributed by atoms with Crippen LogP contribution in [0.15, 0.2) is 54.7 Å². The van der Waals surface area contributed by atoms with Crippen LogP contribution in [0.25, 0.3) is 10.9 Å². The summed E-state index contributed by atoms with van der Waals surface area (Å²) in [7, 11) is 3.37. The molecule has 4 rings (SSSR count). The number of hydrogen-bond donors (Lipinski definition) is 1. The molecule has 0 amide bonds. The van der Waals surface area contributed by atoms with Crippen molar-refractivity contribution in [3.05, 3.63) is 60.3 Å². The van der Waals surface area contributed by atoms with Crippen molar-refractivity contribution in [1.82, 2.24) is 4.98 Å². The number of nitrogens with one attached hydrogen (secondary N) is 1. The van der Waals surface area contributed by atoms with Gasteiger partial charge < -0.3 is 14.8 Å². The Balaban J connectivity index is 0.000000239. The molecular weight excluding hydrogens is 527 g/mol. The molecular formula is C20H24N2O4Pt. The Morgan fingerprint density at radius 3 is 2.41 bits per heavy atom. The number of aryl methyl sites for hydroxylation is 1. The number of fused-ring (bicyclic) bond motifs is 2.